The summed E-state index contributed by atoms with van der Waals surface area (Å²) in [6.45, 7) is 7.68. The van der Waals surface area contributed by atoms with Crippen LogP contribution in [-0.2, 0) is 14.3 Å². The fraction of sp³-hybridized carbons (Fsp3) is 0.407. The van der Waals surface area contributed by atoms with Crippen molar-refractivity contribution in [3.8, 4) is 5.75 Å². The molecule has 0 aromatic heterocycles. The molecule has 2 aromatic carbocycles. The number of hydrogen-bond donors (Lipinski definition) is 1. The van der Waals surface area contributed by atoms with Crippen LogP contribution in [0, 0.1) is 0 Å². The quantitative estimate of drug-likeness (QED) is 0.237. The number of aliphatic hydroxyl groups excluding tert-OH is 1. The normalized spacial score (nSPS) is 17.7. The van der Waals surface area contributed by atoms with Crippen LogP contribution in [0.1, 0.15) is 62.3 Å². The molecule has 1 amide bonds. The van der Waals surface area contributed by atoms with E-state index in [0.29, 0.717) is 43.4 Å². The number of rotatable bonds is 10. The van der Waals surface area contributed by atoms with Crippen LogP contribution in [0.25, 0.3) is 5.76 Å². The lowest BCUT2D eigenvalue weighted by molar-refractivity contribution is -0.140. The zero-order chi connectivity index (χ0) is 24.0. The minimum Gasteiger partial charge on any atom is -0.507 e. The summed E-state index contributed by atoms with van der Waals surface area (Å²) in [5.74, 6) is -0.403. The Hall–Kier alpha value is -3.12. The molecule has 1 unspecified atom stereocenters. The van der Waals surface area contributed by atoms with Crippen LogP contribution in [0.15, 0.2) is 54.1 Å². The molecule has 1 aliphatic rings. The van der Waals surface area contributed by atoms with E-state index in [1.165, 1.54) is 4.90 Å². The van der Waals surface area contributed by atoms with E-state index < -0.39 is 17.7 Å². The number of likely N-dealkylation sites (tertiary alicyclic amines) is 1. The van der Waals surface area contributed by atoms with Crippen molar-refractivity contribution in [2.75, 3.05) is 26.9 Å². The second kappa shape index (κ2) is 11.1. The van der Waals surface area contributed by atoms with Gasteiger partial charge in [0.15, 0.2) is 0 Å². The van der Waals surface area contributed by atoms with E-state index in [2.05, 4.69) is 13.8 Å². The maximum absolute atomic E-state index is 13.1. The van der Waals surface area contributed by atoms with Gasteiger partial charge in [-0.15, -0.1) is 0 Å². The van der Waals surface area contributed by atoms with Gasteiger partial charge in [-0.1, -0.05) is 45.0 Å². The number of amides is 1. The second-order valence-corrected chi connectivity index (χ2v) is 8.53. The van der Waals surface area contributed by atoms with Gasteiger partial charge in [-0.25, -0.2) is 0 Å². The molecule has 6 heteroatoms. The molecule has 0 saturated carbocycles. The van der Waals surface area contributed by atoms with E-state index in [1.807, 2.05) is 31.2 Å². The Morgan fingerprint density at radius 3 is 2.27 bits per heavy atom. The van der Waals surface area contributed by atoms with Crippen LogP contribution in [0.2, 0.25) is 0 Å². The lowest BCUT2D eigenvalue weighted by Crippen LogP contribution is -2.31. The molecule has 3 rings (SSSR count). The number of Topliss-reactive ketones (excluding diaryl/α,β-unsaturated/α-hetero) is 1. The van der Waals surface area contributed by atoms with E-state index >= 15 is 0 Å². The van der Waals surface area contributed by atoms with Crippen LogP contribution in [-0.4, -0.2) is 48.6 Å². The van der Waals surface area contributed by atoms with Crippen molar-refractivity contribution in [2.45, 2.75) is 45.6 Å². The van der Waals surface area contributed by atoms with Crippen LogP contribution in [0.5, 0.6) is 5.75 Å². The first-order valence-electron chi connectivity index (χ1n) is 11.5. The fourth-order valence-electron chi connectivity index (χ4n) is 3.98. The highest BCUT2D eigenvalue weighted by molar-refractivity contribution is 6.46. The minimum atomic E-state index is -0.672. The number of carbonyl (C=O) groups excluding carboxylic acids is 2. The van der Waals surface area contributed by atoms with Crippen molar-refractivity contribution < 1.29 is 24.2 Å². The lowest BCUT2D eigenvalue weighted by Gasteiger charge is -2.25. The predicted molar refractivity (Wildman–Crippen MR) is 128 cm³/mol. The summed E-state index contributed by atoms with van der Waals surface area (Å²) in [6.07, 6.45) is 1.48. The standard InChI is InChI=1S/C27H33NO5/c1-5-16-33-22-13-11-21(12-14-22)25(29)23-24(20-9-7-19(8-10-20)18(2)3)28(15-6-17-32-4)27(31)26(23)30/h7-14,18,24,29H,5-6,15-17H2,1-4H3/b25-23-. The highest BCUT2D eigenvalue weighted by Gasteiger charge is 2.45. The molecule has 6 nitrogen and oxygen atoms in total. The van der Waals surface area contributed by atoms with Gasteiger partial charge in [-0.3, -0.25) is 9.59 Å². The maximum Gasteiger partial charge on any atom is 0.295 e. The van der Waals surface area contributed by atoms with Crippen LogP contribution < -0.4 is 4.74 Å². The number of carbonyl (C=O) groups is 2. The Morgan fingerprint density at radius 2 is 1.70 bits per heavy atom. The Bertz CT molecular complexity index is 992. The van der Waals surface area contributed by atoms with Crippen molar-refractivity contribution in [2.24, 2.45) is 0 Å². The SMILES string of the molecule is CCCOc1ccc(/C(O)=C2/C(=O)C(=O)N(CCCOC)C2c2ccc(C(C)C)cc2)cc1. The molecule has 1 heterocycles. The molecule has 0 spiro atoms. The summed E-state index contributed by atoms with van der Waals surface area (Å²) in [6, 6.07) is 14.2. The maximum atomic E-state index is 13.1. The van der Waals surface area contributed by atoms with Gasteiger partial charge in [0, 0.05) is 25.8 Å². The van der Waals surface area contributed by atoms with Gasteiger partial charge in [-0.05, 0) is 54.2 Å². The number of hydrogen-bond acceptors (Lipinski definition) is 5. The Balaban J connectivity index is 2.03. The van der Waals surface area contributed by atoms with Crippen LogP contribution in [0.3, 0.4) is 0 Å². The third-order valence-corrected chi connectivity index (χ3v) is 5.81. The molecule has 1 aliphatic heterocycles. The highest BCUT2D eigenvalue weighted by Crippen LogP contribution is 2.40. The molecular formula is C27H33NO5. The highest BCUT2D eigenvalue weighted by atomic mass is 16.5. The number of ether oxygens (including phenoxy) is 2. The molecular weight excluding hydrogens is 418 g/mol. The van der Waals surface area contributed by atoms with Crippen molar-refractivity contribution in [1.29, 1.82) is 0 Å². The summed E-state index contributed by atoms with van der Waals surface area (Å²) >= 11 is 0. The Morgan fingerprint density at radius 1 is 1.03 bits per heavy atom. The second-order valence-electron chi connectivity index (χ2n) is 8.53. The molecule has 0 radical (unpaired) electrons. The van der Waals surface area contributed by atoms with Gasteiger partial charge in [0.25, 0.3) is 11.7 Å². The minimum absolute atomic E-state index is 0.108. The number of aliphatic hydroxyl groups is 1. The van der Waals surface area contributed by atoms with Crippen LogP contribution in [0.4, 0.5) is 0 Å². The molecule has 0 aliphatic carbocycles. The number of nitrogens with zero attached hydrogens (tertiary/aromatic N) is 1. The molecule has 1 atom stereocenters. The molecule has 0 bridgehead atoms. The smallest absolute Gasteiger partial charge is 0.295 e. The summed E-state index contributed by atoms with van der Waals surface area (Å²) in [4.78, 5) is 27.6. The molecule has 1 saturated heterocycles. The molecule has 2 aromatic rings. The van der Waals surface area contributed by atoms with E-state index in [0.717, 1.165) is 17.5 Å². The van der Waals surface area contributed by atoms with E-state index in [-0.39, 0.29) is 11.3 Å². The number of benzene rings is 2. The van der Waals surface area contributed by atoms with Crippen LogP contribution >= 0.6 is 0 Å². The van der Waals surface area contributed by atoms with Crippen molar-refractivity contribution in [3.63, 3.8) is 0 Å². The third-order valence-electron chi connectivity index (χ3n) is 5.81. The molecule has 1 fully saturated rings. The largest absolute Gasteiger partial charge is 0.507 e. The summed E-state index contributed by atoms with van der Waals surface area (Å²) in [5, 5.41) is 11.2. The molecule has 33 heavy (non-hydrogen) atoms. The first kappa shape index (κ1) is 24.5. The zero-order valence-corrected chi connectivity index (χ0v) is 19.8. The fourth-order valence-corrected chi connectivity index (χ4v) is 3.98. The lowest BCUT2D eigenvalue weighted by atomic mass is 9.93. The van der Waals surface area contributed by atoms with Gasteiger partial charge in [0.05, 0.1) is 18.2 Å². The van der Waals surface area contributed by atoms with Crippen molar-refractivity contribution in [1.82, 2.24) is 4.90 Å². The first-order valence-corrected chi connectivity index (χ1v) is 11.5. The number of methoxy groups -OCH3 is 1. The van der Waals surface area contributed by atoms with Gasteiger partial charge in [0.1, 0.15) is 11.5 Å². The number of ketones is 1. The Labute approximate surface area is 195 Å². The van der Waals surface area contributed by atoms with E-state index in [4.69, 9.17) is 9.47 Å². The average Bonchev–Trinajstić information content (AvgIpc) is 3.08. The zero-order valence-electron chi connectivity index (χ0n) is 19.8. The molecule has 176 valence electrons. The van der Waals surface area contributed by atoms with Crippen molar-refractivity contribution >= 4 is 17.4 Å². The van der Waals surface area contributed by atoms with Crippen molar-refractivity contribution in [3.05, 3.63) is 70.8 Å². The van der Waals surface area contributed by atoms with Gasteiger partial charge >= 0.3 is 0 Å². The van der Waals surface area contributed by atoms with Gasteiger partial charge in [0.2, 0.25) is 0 Å². The predicted octanol–water partition coefficient (Wildman–Crippen LogP) is 5.06. The van der Waals surface area contributed by atoms with Gasteiger partial charge < -0.3 is 19.5 Å². The van der Waals surface area contributed by atoms with E-state index in [9.17, 15) is 14.7 Å². The summed E-state index contributed by atoms with van der Waals surface area (Å²) in [5.41, 5.74) is 2.53. The third kappa shape index (κ3) is 5.45. The molecule has 1 N–H and O–H groups in total. The first-order chi connectivity index (χ1) is 15.9. The monoisotopic (exact) mass is 451 g/mol. The summed E-state index contributed by atoms with van der Waals surface area (Å²) in [7, 11) is 1.60. The average molecular weight is 452 g/mol. The Kier molecular flexibility index (Phi) is 8.28. The van der Waals surface area contributed by atoms with Gasteiger partial charge in [-0.2, -0.15) is 0 Å². The van der Waals surface area contributed by atoms with E-state index in [1.54, 1.807) is 31.4 Å². The topological polar surface area (TPSA) is 76.1 Å². The summed E-state index contributed by atoms with van der Waals surface area (Å²) < 4.78 is 10.7.